The van der Waals surface area contributed by atoms with Crippen molar-refractivity contribution in [1.29, 1.82) is 0 Å². The van der Waals surface area contributed by atoms with Crippen LogP contribution in [0.3, 0.4) is 0 Å². The van der Waals surface area contributed by atoms with Crippen LogP contribution in [-0.4, -0.2) is 75.0 Å². The molecule has 0 aliphatic carbocycles. The molecule has 12 heteroatoms. The van der Waals surface area contributed by atoms with Crippen molar-refractivity contribution in [2.45, 2.75) is 67.8 Å². The molecule has 1 aliphatic rings. The molecule has 7 N–H and O–H groups in total. The fourth-order valence-corrected chi connectivity index (χ4v) is 4.37. The summed E-state index contributed by atoms with van der Waals surface area (Å²) in [6.45, 7) is 3.18. The minimum absolute atomic E-state index is 0.0602. The molecule has 0 aromatic rings. The highest BCUT2D eigenvalue weighted by atomic mass is 32.2. The molecule has 164 valence electrons. The average Bonchev–Trinajstić information content (AvgIpc) is 2.96. The van der Waals surface area contributed by atoms with Gasteiger partial charge in [0.1, 0.15) is 24.4 Å². The Hall–Kier alpha value is -2.18. The van der Waals surface area contributed by atoms with Gasteiger partial charge in [0.2, 0.25) is 11.8 Å². The fourth-order valence-electron chi connectivity index (χ4n) is 2.92. The van der Waals surface area contributed by atoms with Crippen LogP contribution in [0.1, 0.15) is 39.5 Å². The lowest BCUT2D eigenvalue weighted by atomic mass is 10.0. The third kappa shape index (κ3) is 7.63. The van der Waals surface area contributed by atoms with Crippen LogP contribution in [-0.2, 0) is 24.0 Å². The van der Waals surface area contributed by atoms with E-state index >= 15 is 0 Å². The zero-order valence-corrected chi connectivity index (χ0v) is 17.2. The lowest BCUT2D eigenvalue weighted by molar-refractivity contribution is -0.142. The quantitative estimate of drug-likeness (QED) is 0.159. The largest absolute Gasteiger partial charge is 0.480 e. The van der Waals surface area contributed by atoms with E-state index in [0.717, 1.165) is 0 Å². The van der Waals surface area contributed by atoms with E-state index < -0.39 is 52.0 Å². The van der Waals surface area contributed by atoms with Crippen molar-refractivity contribution < 1.29 is 34.2 Å². The molecule has 29 heavy (non-hydrogen) atoms. The van der Waals surface area contributed by atoms with Gasteiger partial charge in [-0.15, -0.1) is 11.8 Å². The van der Waals surface area contributed by atoms with Gasteiger partial charge in [-0.3, -0.25) is 19.7 Å². The van der Waals surface area contributed by atoms with Crippen LogP contribution in [0.4, 0.5) is 0 Å². The van der Waals surface area contributed by atoms with Gasteiger partial charge in [-0.1, -0.05) is 6.42 Å². The third-order valence-corrected chi connectivity index (χ3v) is 6.00. The van der Waals surface area contributed by atoms with Gasteiger partial charge in [-0.2, -0.15) is 0 Å². The number of hydrogen-bond acceptors (Lipinski definition) is 8. The zero-order valence-electron chi connectivity index (χ0n) is 16.3. The first kappa shape index (κ1) is 24.9. The highest BCUT2D eigenvalue weighted by Crippen LogP contribution is 2.38. The zero-order chi connectivity index (χ0) is 22.2. The smallest absolute Gasteiger partial charge is 0.326 e. The summed E-state index contributed by atoms with van der Waals surface area (Å²) in [5.74, 6) is -3.19. The number of aldehydes is 1. The van der Waals surface area contributed by atoms with Crippen molar-refractivity contribution in [1.82, 2.24) is 16.0 Å². The van der Waals surface area contributed by atoms with Crippen LogP contribution in [0.15, 0.2) is 0 Å². The van der Waals surface area contributed by atoms with Crippen molar-refractivity contribution in [3.8, 4) is 0 Å². The maximum atomic E-state index is 12.1. The second-order valence-electron chi connectivity index (χ2n) is 7.22. The molecule has 11 nitrogen and oxygen atoms in total. The summed E-state index contributed by atoms with van der Waals surface area (Å²) in [5, 5.41) is 25.5. The summed E-state index contributed by atoms with van der Waals surface area (Å²) >= 11 is 1.27. The number of thioether (sulfide) groups is 1. The second kappa shape index (κ2) is 11.1. The predicted molar refractivity (Wildman–Crippen MR) is 105 cm³/mol. The molecule has 0 radical (unpaired) electrons. The average molecular weight is 432 g/mol. The van der Waals surface area contributed by atoms with Gasteiger partial charge in [0.15, 0.2) is 0 Å². The first-order chi connectivity index (χ1) is 13.5. The van der Waals surface area contributed by atoms with Crippen LogP contribution >= 0.6 is 11.8 Å². The molecule has 4 atom stereocenters. The molecule has 2 amide bonds. The normalized spacial score (nSPS) is 22.3. The number of unbranched alkanes of at least 4 members (excludes halogenated alkanes) is 1. The first-order valence-corrected chi connectivity index (χ1v) is 10.0. The van der Waals surface area contributed by atoms with E-state index in [1.165, 1.54) is 11.8 Å². The fraction of sp³-hybridized carbons (Fsp3) is 0.706. The summed E-state index contributed by atoms with van der Waals surface area (Å²) in [6.07, 6.45) is 1.48. The van der Waals surface area contributed by atoms with Crippen molar-refractivity contribution in [2.24, 2.45) is 5.73 Å². The Bertz CT molecular complexity index is 643. The topological polar surface area (TPSA) is 188 Å². The van der Waals surface area contributed by atoms with E-state index in [1.54, 1.807) is 13.8 Å². The van der Waals surface area contributed by atoms with Gasteiger partial charge < -0.3 is 31.4 Å². The first-order valence-electron chi connectivity index (χ1n) is 9.15. The number of carboxylic acid groups (broad SMARTS) is 2. The van der Waals surface area contributed by atoms with E-state index in [1.807, 2.05) is 0 Å². The van der Waals surface area contributed by atoms with Crippen molar-refractivity contribution in [3.63, 3.8) is 0 Å². The molecule has 1 saturated heterocycles. The third-order valence-electron chi connectivity index (χ3n) is 4.47. The van der Waals surface area contributed by atoms with Crippen LogP contribution in [0.2, 0.25) is 0 Å². The molecule has 1 fully saturated rings. The highest BCUT2D eigenvalue weighted by molar-refractivity contribution is 8.01. The molecule has 0 saturated carbocycles. The van der Waals surface area contributed by atoms with Crippen LogP contribution in [0.25, 0.3) is 0 Å². The maximum absolute atomic E-state index is 12.1. The van der Waals surface area contributed by atoms with Gasteiger partial charge >= 0.3 is 11.9 Å². The summed E-state index contributed by atoms with van der Waals surface area (Å²) in [5.41, 5.74) is 5.14. The Morgan fingerprint density at radius 2 is 1.83 bits per heavy atom. The SMILES string of the molecule is CC1(C)S[C@H]([C@@H](C=O)NC(=O)CCCC[C@H](NC(=O)CN)C(=O)O)N[C@H]1C(=O)O. The molecule has 1 heterocycles. The van der Waals surface area contributed by atoms with Gasteiger partial charge in [0.05, 0.1) is 11.9 Å². The Kier molecular flexibility index (Phi) is 9.53. The minimum Gasteiger partial charge on any atom is -0.480 e. The van der Waals surface area contributed by atoms with Crippen molar-refractivity contribution >= 4 is 41.8 Å². The highest BCUT2D eigenvalue weighted by Gasteiger charge is 2.47. The van der Waals surface area contributed by atoms with E-state index in [0.29, 0.717) is 19.1 Å². The van der Waals surface area contributed by atoms with Crippen molar-refractivity contribution in [3.05, 3.63) is 0 Å². The minimum atomic E-state index is -1.18. The summed E-state index contributed by atoms with van der Waals surface area (Å²) in [7, 11) is 0. The Morgan fingerprint density at radius 1 is 1.17 bits per heavy atom. The summed E-state index contributed by atoms with van der Waals surface area (Å²) in [4.78, 5) is 57.2. The number of carbonyl (C=O) groups is 5. The molecule has 0 bridgehead atoms. The molecule has 0 aromatic heterocycles. The van der Waals surface area contributed by atoms with E-state index in [-0.39, 0.29) is 19.4 Å². The molecule has 1 aliphatic heterocycles. The molecule has 1 rings (SSSR count). The summed E-state index contributed by atoms with van der Waals surface area (Å²) < 4.78 is -0.651. The van der Waals surface area contributed by atoms with Crippen LogP contribution in [0.5, 0.6) is 0 Å². The van der Waals surface area contributed by atoms with Gasteiger partial charge in [0.25, 0.3) is 0 Å². The standard InChI is InChI=1S/C17H28N4O7S/c1-17(2)13(16(27)28)21-14(29-17)10(8-22)20-11(23)6-4-3-5-9(15(25)26)19-12(24)7-18/h8-10,13-14,21H,3-7,18H2,1-2H3,(H,19,24)(H,20,23)(H,25,26)(H,27,28)/t9-,10+,13-,14+/m0/s1. The number of amides is 2. The lowest BCUT2D eigenvalue weighted by Gasteiger charge is -2.21. The van der Waals surface area contributed by atoms with E-state index in [9.17, 15) is 29.1 Å². The number of hydrogen-bond donors (Lipinski definition) is 6. The van der Waals surface area contributed by atoms with Crippen LogP contribution < -0.4 is 21.7 Å². The number of aliphatic carboxylic acids is 2. The number of nitrogens with two attached hydrogens (primary N) is 1. The second-order valence-corrected chi connectivity index (χ2v) is 9.01. The van der Waals surface area contributed by atoms with Gasteiger partial charge in [0, 0.05) is 11.2 Å². The van der Waals surface area contributed by atoms with Gasteiger partial charge in [-0.05, 0) is 26.7 Å². The molecule has 0 aromatic carbocycles. The molecule has 0 spiro atoms. The molecular weight excluding hydrogens is 404 g/mol. The van der Waals surface area contributed by atoms with Crippen molar-refractivity contribution in [2.75, 3.05) is 6.54 Å². The predicted octanol–water partition coefficient (Wildman–Crippen LogP) is -1.35. The molecular formula is C17H28N4O7S. The monoisotopic (exact) mass is 432 g/mol. The summed E-state index contributed by atoms with van der Waals surface area (Å²) in [6, 6.07) is -2.83. The number of carbonyl (C=O) groups excluding carboxylic acids is 3. The number of rotatable bonds is 12. The number of nitrogens with one attached hydrogen (secondary N) is 3. The Labute approximate surface area is 172 Å². The van der Waals surface area contributed by atoms with E-state index in [2.05, 4.69) is 16.0 Å². The lowest BCUT2D eigenvalue weighted by Crippen LogP contribution is -2.51. The number of carboxylic acids is 2. The maximum Gasteiger partial charge on any atom is 0.326 e. The van der Waals surface area contributed by atoms with Gasteiger partial charge in [-0.25, -0.2) is 4.79 Å². The Morgan fingerprint density at radius 3 is 2.31 bits per heavy atom. The van der Waals surface area contributed by atoms with E-state index in [4.69, 9.17) is 10.8 Å². The molecule has 0 unspecified atom stereocenters. The Balaban J connectivity index is 2.46. The van der Waals surface area contributed by atoms with Crippen LogP contribution in [0, 0.1) is 0 Å².